The second-order valence-electron chi connectivity index (χ2n) is 1.27. The van der Waals surface area contributed by atoms with Crippen molar-refractivity contribution in [2.45, 2.75) is 20.3 Å². The zero-order chi connectivity index (χ0) is 19.5. The summed E-state index contributed by atoms with van der Waals surface area (Å²) in [5.41, 5.74) is 0. The van der Waals surface area contributed by atoms with Gasteiger partial charge in [0.25, 0.3) is 0 Å². The molecule has 8 heteroatoms. The average molecular weight is 1610 g/mol. The molecule has 0 N–H and O–H groups in total. The van der Waals surface area contributed by atoms with Crippen molar-refractivity contribution < 1.29 is 147 Å². The molecule has 0 aromatic rings. The van der Waals surface area contributed by atoms with Crippen LogP contribution in [0.5, 0.6) is 0 Å². The van der Waals surface area contributed by atoms with E-state index in [1.807, 2.05) is 11.8 Å². The van der Waals surface area contributed by atoms with Crippen LogP contribution in [0.25, 0.3) is 0 Å². The summed E-state index contributed by atoms with van der Waals surface area (Å²) in [6.07, 6.45) is 2.60. The minimum Gasteiger partial charge on any atom is -0.521 e. The zero-order valence-electron chi connectivity index (χ0n) is 18.2. The van der Waals surface area contributed by atoms with Crippen molar-refractivity contribution in [1.29, 1.82) is 0 Å². The van der Waals surface area contributed by atoms with Crippen molar-refractivity contribution in [2.75, 3.05) is 11.5 Å². The predicted molar refractivity (Wildman–Crippen MR) is 116 cm³/mol. The van der Waals surface area contributed by atoms with Crippen molar-refractivity contribution in [1.82, 2.24) is 0 Å². The normalized spacial score (nSPS) is 3.21. The van der Waals surface area contributed by atoms with Gasteiger partial charge in [-0.25, -0.2) is 0 Å². The first-order valence-electron chi connectivity index (χ1n) is 5.85. The molecule has 0 aliphatic rings. The van der Waals surface area contributed by atoms with Gasteiger partial charge in [0.2, 0.25) is 0 Å². The minimum absolute atomic E-state index is 0. The van der Waals surface area contributed by atoms with Gasteiger partial charge < -0.3 is 61.1 Å². The SMILES string of the molecule is C=CC[CH2-].[CH-]=C.[CH-]=C.[CH-]=C.[CH-]=C.[CH-]=C.[CH2-]C.[CH2-]CSCC.[CH3-].[W+2].[W+2].[W].[W].[W].[W].[W]. The second kappa shape index (κ2) is 400. The summed E-state index contributed by atoms with van der Waals surface area (Å²) >= 11 is 1.85. The van der Waals surface area contributed by atoms with Crippen LogP contribution >= 0.6 is 11.8 Å². The third-order valence-electron chi connectivity index (χ3n) is 0.553. The van der Waals surface area contributed by atoms with Crippen molar-refractivity contribution in [3.63, 3.8) is 0 Å². The molecule has 0 saturated carbocycles. The first-order chi connectivity index (χ1) is 10.3. The van der Waals surface area contributed by atoms with Crippen LogP contribution in [0.15, 0.2) is 45.5 Å². The van der Waals surface area contributed by atoms with E-state index in [4.69, 9.17) is 0 Å². The van der Waals surface area contributed by atoms with Gasteiger partial charge in [0, 0.05) is 105 Å². The summed E-state index contributed by atoms with van der Waals surface area (Å²) in [6.45, 7) is 52.7. The summed E-state index contributed by atoms with van der Waals surface area (Å²) in [7, 11) is 0. The molecule has 0 radical (unpaired) electrons. The Morgan fingerprint density at radius 1 is 0.690 bits per heavy atom. The van der Waals surface area contributed by atoms with E-state index in [0.717, 1.165) is 12.2 Å². The van der Waals surface area contributed by atoms with E-state index in [2.05, 4.69) is 100 Å². The van der Waals surface area contributed by atoms with Gasteiger partial charge in [-0.2, -0.15) is 25.1 Å². The monoisotopic (exact) mass is 1610 g/mol. The molecule has 0 atom stereocenters. The molecule has 0 aromatic heterocycles. The minimum atomic E-state index is 0. The maximum absolute atomic E-state index is 4.25. The van der Waals surface area contributed by atoms with Crippen molar-refractivity contribution >= 4 is 11.8 Å². The molecule has 0 nitrogen and oxygen atoms in total. The topological polar surface area (TPSA) is 0 Å². The van der Waals surface area contributed by atoms with Crippen LogP contribution in [0.4, 0.5) is 0 Å². The number of hydrogen-bond acceptors (Lipinski definition) is 1. The van der Waals surface area contributed by atoms with Crippen LogP contribution in [-0.4, -0.2) is 11.5 Å². The Bertz CT molecular complexity index is 99.4. The van der Waals surface area contributed by atoms with E-state index in [9.17, 15) is 0 Å². The zero-order valence-corrected chi connectivity index (χ0v) is 39.6. The molecule has 176 valence electrons. The van der Waals surface area contributed by atoms with E-state index in [1.165, 1.54) is 5.75 Å². The number of hydrogen-bond donors (Lipinski definition) is 0. The maximum Gasteiger partial charge on any atom is 2.00 e. The summed E-state index contributed by atoms with van der Waals surface area (Å²) in [5.74, 6) is 2.21. The molecule has 0 unspecified atom stereocenters. The Morgan fingerprint density at radius 2 is 0.828 bits per heavy atom. The van der Waals surface area contributed by atoms with E-state index in [1.54, 1.807) is 13.0 Å². The quantitative estimate of drug-likeness (QED) is 0.212. The third kappa shape index (κ3) is 635. The largest absolute Gasteiger partial charge is 2.00 e. The Labute approximate surface area is 293 Å². The van der Waals surface area contributed by atoms with Gasteiger partial charge in [-0.15, -0.1) is 18.4 Å². The molecule has 0 saturated heterocycles. The standard InChI is InChI=1S/C4H9S.C4H7.C2H5.5C2H3.CH3.7W/c1-3-5-4-2;1-3-4-2;6*1-2;;;;;;;;/h1,3-4H2,2H3;3H,1-2,4H2;1H2,2H3;5*1H,2H2;1H3;;;;;;;/q9*-1;;;;;;2*+2. The second-order valence-corrected chi connectivity index (χ2v) is 2.67. The van der Waals surface area contributed by atoms with Crippen LogP contribution in [-0.2, 0) is 147 Å². The van der Waals surface area contributed by atoms with E-state index >= 15 is 0 Å². The number of thioether (sulfide) groups is 1. The summed E-state index contributed by atoms with van der Waals surface area (Å²) in [4.78, 5) is 0. The average Bonchev–Trinajstić information content (AvgIpc) is 2.66. The Hall–Kier alpha value is 3.61. The van der Waals surface area contributed by atoms with Crippen molar-refractivity contribution in [3.8, 4) is 0 Å². The molecule has 0 rings (SSSR count). The molecule has 0 aliphatic carbocycles. The van der Waals surface area contributed by atoms with Gasteiger partial charge in [0.05, 0.1) is 0 Å². The fourth-order valence-electron chi connectivity index (χ4n) is 0.144. The smallest absolute Gasteiger partial charge is 0.521 e. The predicted octanol–water partition coefficient (Wildman–Crippen LogP) is 7.27. The fraction of sp³-hybridized carbons (Fsp3) is 0.238. The maximum atomic E-state index is 4.25. The molecular formula is C21H39SW7-5. The molecule has 0 spiro atoms. The Kier molecular flexibility index (Phi) is 1630. The molecule has 29 heavy (non-hydrogen) atoms. The molecule has 0 heterocycles. The van der Waals surface area contributed by atoms with Crippen LogP contribution in [0.3, 0.4) is 0 Å². The van der Waals surface area contributed by atoms with Gasteiger partial charge in [-0.1, -0.05) is 6.92 Å². The van der Waals surface area contributed by atoms with E-state index < -0.39 is 0 Å². The molecule has 0 aliphatic heterocycles. The van der Waals surface area contributed by atoms with Crippen molar-refractivity contribution in [2.24, 2.45) is 0 Å². The molecule has 0 amide bonds. The van der Waals surface area contributed by atoms with Gasteiger partial charge in [0.15, 0.2) is 0 Å². The molecule has 0 aromatic carbocycles. The van der Waals surface area contributed by atoms with Crippen LogP contribution in [0.1, 0.15) is 20.3 Å². The number of allylic oxidation sites excluding steroid dienone is 1. The third-order valence-corrected chi connectivity index (χ3v) is 1.25. The van der Waals surface area contributed by atoms with Crippen molar-refractivity contribution in [3.05, 3.63) is 107 Å². The fourth-order valence-corrected chi connectivity index (χ4v) is 0.433. The van der Waals surface area contributed by atoms with Crippen LogP contribution in [0, 0.1) is 61.1 Å². The summed E-state index contributed by atoms with van der Waals surface area (Å²) < 4.78 is 0. The van der Waals surface area contributed by atoms with Gasteiger partial charge in [0.1, 0.15) is 0 Å². The van der Waals surface area contributed by atoms with E-state index in [-0.39, 0.29) is 155 Å². The van der Waals surface area contributed by atoms with Gasteiger partial charge in [-0.3, -0.25) is 32.9 Å². The van der Waals surface area contributed by atoms with Crippen LogP contribution < -0.4 is 0 Å². The molecule has 0 bridgehead atoms. The van der Waals surface area contributed by atoms with Gasteiger partial charge >= 0.3 is 42.1 Å². The van der Waals surface area contributed by atoms with E-state index in [0.29, 0.717) is 0 Å². The Morgan fingerprint density at radius 3 is 0.828 bits per heavy atom. The molecule has 0 fully saturated rings. The summed E-state index contributed by atoms with van der Waals surface area (Å²) in [6, 6.07) is 0. The number of rotatable bonds is 3. The first kappa shape index (κ1) is 118. The summed E-state index contributed by atoms with van der Waals surface area (Å²) in [5, 5.41) is 0. The molecular weight excluding hydrogens is 1570 g/mol. The Balaban J connectivity index is -0.00000000473. The van der Waals surface area contributed by atoms with Crippen LogP contribution in [0.2, 0.25) is 0 Å². The van der Waals surface area contributed by atoms with Gasteiger partial charge in [-0.05, 0) is 5.75 Å². The first-order valence-corrected chi connectivity index (χ1v) is 7.00.